The number of carbonyl (C=O) groups is 2. The van der Waals surface area contributed by atoms with Gasteiger partial charge in [0.2, 0.25) is 0 Å². The third-order valence-electron chi connectivity index (χ3n) is 4.81. The number of ketones is 1. The van der Waals surface area contributed by atoms with Crippen molar-refractivity contribution in [3.05, 3.63) is 77.9 Å². The summed E-state index contributed by atoms with van der Waals surface area (Å²) in [6.07, 6.45) is -0.0593. The van der Waals surface area contributed by atoms with Gasteiger partial charge in [-0.2, -0.15) is 5.26 Å². The van der Waals surface area contributed by atoms with Crippen LogP contribution in [0.3, 0.4) is 0 Å². The average molecular weight is 373 g/mol. The molecule has 5 nitrogen and oxygen atoms in total. The number of hydrogen-bond donors (Lipinski definition) is 1. The third-order valence-corrected chi connectivity index (χ3v) is 4.81. The average Bonchev–Trinajstić information content (AvgIpc) is 2.73. The van der Waals surface area contributed by atoms with Gasteiger partial charge in [0.15, 0.2) is 11.7 Å². The molecule has 5 heteroatoms. The maximum absolute atomic E-state index is 12.9. The summed E-state index contributed by atoms with van der Waals surface area (Å²) in [7, 11) is 1.59. The lowest BCUT2D eigenvalue weighted by molar-refractivity contribution is -0.140. The van der Waals surface area contributed by atoms with Crippen LogP contribution in [0.1, 0.15) is 28.3 Å². The fraction of sp³-hybridized carbons (Fsp3) is 0.174. The predicted molar refractivity (Wildman–Crippen MR) is 105 cm³/mol. The van der Waals surface area contributed by atoms with E-state index in [0.717, 1.165) is 16.5 Å². The number of Topliss-reactive ketones (excluding diaryl/α,β-unsaturated/α-hetero) is 1. The van der Waals surface area contributed by atoms with Crippen molar-refractivity contribution >= 4 is 22.5 Å². The summed E-state index contributed by atoms with van der Waals surface area (Å²) in [5.74, 6) is -2.71. The molecule has 140 valence electrons. The molecule has 3 aromatic carbocycles. The summed E-state index contributed by atoms with van der Waals surface area (Å²) in [6.45, 7) is 0. The highest BCUT2D eigenvalue weighted by molar-refractivity contribution is 6.00. The molecule has 0 aliphatic carbocycles. The minimum absolute atomic E-state index is 0.0593. The maximum Gasteiger partial charge on any atom is 0.321 e. The highest BCUT2D eigenvalue weighted by Gasteiger charge is 2.31. The van der Waals surface area contributed by atoms with Crippen molar-refractivity contribution in [1.82, 2.24) is 0 Å². The number of nitrogens with zero attached hydrogens (tertiary/aromatic N) is 1. The second-order valence-corrected chi connectivity index (χ2v) is 6.52. The number of ether oxygens (including phenoxy) is 1. The third kappa shape index (κ3) is 4.02. The van der Waals surface area contributed by atoms with Crippen LogP contribution in [0, 0.1) is 17.2 Å². The van der Waals surface area contributed by atoms with Crippen molar-refractivity contribution in [1.29, 1.82) is 5.26 Å². The molecule has 0 saturated heterocycles. The van der Waals surface area contributed by atoms with Gasteiger partial charge in [-0.25, -0.2) is 0 Å². The molecule has 0 heterocycles. The number of carboxylic acid groups (broad SMARTS) is 1. The molecule has 0 saturated carbocycles. The van der Waals surface area contributed by atoms with Crippen LogP contribution in [-0.4, -0.2) is 24.0 Å². The molecule has 0 aliphatic rings. The van der Waals surface area contributed by atoms with E-state index in [2.05, 4.69) is 0 Å². The first-order valence-electron chi connectivity index (χ1n) is 8.82. The number of methoxy groups -OCH3 is 1. The van der Waals surface area contributed by atoms with E-state index in [9.17, 15) is 20.0 Å². The quantitative estimate of drug-likeness (QED) is 0.619. The Kier molecular flexibility index (Phi) is 5.71. The van der Waals surface area contributed by atoms with Gasteiger partial charge in [-0.05, 0) is 34.5 Å². The molecule has 0 radical (unpaired) electrons. The predicted octanol–water partition coefficient (Wildman–Crippen LogP) is 4.43. The molecule has 0 spiro atoms. The first kappa shape index (κ1) is 19.1. The molecule has 2 unspecified atom stereocenters. The maximum atomic E-state index is 12.9. The molecule has 1 N–H and O–H groups in total. The first-order valence-corrected chi connectivity index (χ1v) is 8.82. The Morgan fingerprint density at radius 2 is 1.71 bits per heavy atom. The topological polar surface area (TPSA) is 87.4 Å². The summed E-state index contributed by atoms with van der Waals surface area (Å²) < 4.78 is 5.21. The highest BCUT2D eigenvalue weighted by atomic mass is 16.5. The summed E-state index contributed by atoms with van der Waals surface area (Å²) in [4.78, 5) is 24.5. The highest BCUT2D eigenvalue weighted by Crippen LogP contribution is 2.31. The van der Waals surface area contributed by atoms with Crippen LogP contribution < -0.4 is 4.74 Å². The lowest BCUT2D eigenvalue weighted by atomic mass is 9.82. The molecule has 0 bridgehead atoms. The van der Waals surface area contributed by atoms with Crippen LogP contribution in [0.2, 0.25) is 0 Å². The standard InChI is InChI=1S/C23H19NO4/c1-28-19-10-9-16-11-18(8-7-17(16)12-19)22(25)13-20(21(14-24)23(26)27)15-5-3-2-4-6-15/h2-12,20-21H,13H2,1H3,(H,26,27). The van der Waals surface area contributed by atoms with Gasteiger partial charge in [0.1, 0.15) is 5.75 Å². The largest absolute Gasteiger partial charge is 0.497 e. The number of hydrogen-bond acceptors (Lipinski definition) is 4. The molecular formula is C23H19NO4. The van der Waals surface area contributed by atoms with Crippen molar-refractivity contribution < 1.29 is 19.4 Å². The fourth-order valence-electron chi connectivity index (χ4n) is 3.29. The molecule has 2 atom stereocenters. The van der Waals surface area contributed by atoms with E-state index in [4.69, 9.17) is 4.74 Å². The van der Waals surface area contributed by atoms with Crippen molar-refractivity contribution in [2.45, 2.75) is 12.3 Å². The Morgan fingerprint density at radius 3 is 2.36 bits per heavy atom. The molecule has 0 fully saturated rings. The van der Waals surface area contributed by atoms with Crippen LogP contribution >= 0.6 is 0 Å². The second kappa shape index (κ2) is 8.36. The molecule has 0 aromatic heterocycles. The number of nitriles is 1. The van der Waals surface area contributed by atoms with Crippen molar-refractivity contribution in [2.24, 2.45) is 5.92 Å². The number of carboxylic acids is 1. The van der Waals surface area contributed by atoms with Gasteiger partial charge in [-0.15, -0.1) is 0 Å². The Hall–Kier alpha value is -3.65. The monoisotopic (exact) mass is 373 g/mol. The number of fused-ring (bicyclic) bond motifs is 1. The lowest BCUT2D eigenvalue weighted by Crippen LogP contribution is -2.23. The van der Waals surface area contributed by atoms with Crippen LogP contribution in [0.25, 0.3) is 10.8 Å². The zero-order valence-corrected chi connectivity index (χ0v) is 15.3. The SMILES string of the molecule is COc1ccc2cc(C(=O)CC(c3ccccc3)C(C#N)C(=O)O)ccc2c1. The van der Waals surface area contributed by atoms with Crippen molar-refractivity contribution in [2.75, 3.05) is 7.11 Å². The van der Waals surface area contributed by atoms with Crippen molar-refractivity contribution in [3.8, 4) is 11.8 Å². The van der Waals surface area contributed by atoms with E-state index in [1.807, 2.05) is 36.4 Å². The van der Waals surface area contributed by atoms with Gasteiger partial charge in [-0.1, -0.05) is 48.5 Å². The van der Waals surface area contributed by atoms with Gasteiger partial charge in [0.05, 0.1) is 13.2 Å². The Labute approximate surface area is 162 Å². The second-order valence-electron chi connectivity index (χ2n) is 6.52. The number of benzene rings is 3. The van der Waals surface area contributed by atoms with Crippen LogP contribution in [0.15, 0.2) is 66.7 Å². The molecule has 0 amide bonds. The zero-order chi connectivity index (χ0) is 20.1. The smallest absolute Gasteiger partial charge is 0.321 e. The van der Waals surface area contributed by atoms with Crippen LogP contribution in [-0.2, 0) is 4.79 Å². The summed E-state index contributed by atoms with van der Waals surface area (Å²) in [5, 5.41) is 20.6. The minimum atomic E-state index is -1.30. The molecular weight excluding hydrogens is 354 g/mol. The zero-order valence-electron chi connectivity index (χ0n) is 15.3. The van der Waals surface area contributed by atoms with E-state index in [1.165, 1.54) is 0 Å². The molecule has 28 heavy (non-hydrogen) atoms. The summed E-state index contributed by atoms with van der Waals surface area (Å²) in [6, 6.07) is 21.6. The Morgan fingerprint density at radius 1 is 1.04 bits per heavy atom. The van der Waals surface area contributed by atoms with E-state index in [1.54, 1.807) is 43.5 Å². The van der Waals surface area contributed by atoms with Gasteiger partial charge in [0.25, 0.3) is 0 Å². The summed E-state index contributed by atoms with van der Waals surface area (Å²) in [5.41, 5.74) is 1.15. The van der Waals surface area contributed by atoms with Crippen LogP contribution in [0.5, 0.6) is 5.75 Å². The Bertz CT molecular complexity index is 1050. The van der Waals surface area contributed by atoms with E-state index in [0.29, 0.717) is 11.1 Å². The van der Waals surface area contributed by atoms with Gasteiger partial charge < -0.3 is 9.84 Å². The van der Waals surface area contributed by atoms with Gasteiger partial charge >= 0.3 is 5.97 Å². The van der Waals surface area contributed by atoms with Crippen LogP contribution in [0.4, 0.5) is 0 Å². The Balaban J connectivity index is 1.92. The summed E-state index contributed by atoms with van der Waals surface area (Å²) >= 11 is 0. The fourth-order valence-corrected chi connectivity index (χ4v) is 3.29. The molecule has 3 aromatic rings. The normalized spacial score (nSPS) is 12.7. The van der Waals surface area contributed by atoms with E-state index < -0.39 is 17.8 Å². The number of rotatable bonds is 7. The minimum Gasteiger partial charge on any atom is -0.497 e. The molecule has 0 aliphatic heterocycles. The first-order chi connectivity index (χ1) is 13.5. The van der Waals surface area contributed by atoms with E-state index in [-0.39, 0.29) is 12.2 Å². The van der Waals surface area contributed by atoms with Gasteiger partial charge in [-0.3, -0.25) is 9.59 Å². The number of aliphatic carboxylic acids is 1. The molecule has 3 rings (SSSR count). The van der Waals surface area contributed by atoms with Crippen molar-refractivity contribution in [3.63, 3.8) is 0 Å². The lowest BCUT2D eigenvalue weighted by Gasteiger charge is -2.19. The number of carbonyl (C=O) groups excluding carboxylic acids is 1. The van der Waals surface area contributed by atoms with E-state index >= 15 is 0 Å². The van der Waals surface area contributed by atoms with Gasteiger partial charge in [0, 0.05) is 17.9 Å².